The van der Waals surface area contributed by atoms with Crippen molar-refractivity contribution in [2.75, 3.05) is 0 Å². The van der Waals surface area contributed by atoms with E-state index in [4.69, 9.17) is 16.3 Å². The van der Waals surface area contributed by atoms with Crippen LogP contribution in [0.15, 0.2) is 0 Å². The van der Waals surface area contributed by atoms with Gasteiger partial charge in [0.25, 0.3) is 0 Å². The first kappa shape index (κ1) is 14.2. The van der Waals surface area contributed by atoms with Gasteiger partial charge < -0.3 is 4.74 Å². The van der Waals surface area contributed by atoms with Crippen LogP contribution >= 0.6 is 22.9 Å². The zero-order valence-electron chi connectivity index (χ0n) is 11.2. The summed E-state index contributed by atoms with van der Waals surface area (Å²) in [6, 6.07) is 0. The van der Waals surface area contributed by atoms with Gasteiger partial charge in [-0.1, -0.05) is 38.5 Å². The Morgan fingerprint density at radius 2 is 2.17 bits per heavy atom. The largest absolute Gasteiger partial charge is 0.371 e. The van der Waals surface area contributed by atoms with E-state index in [1.165, 1.54) is 24.2 Å². The van der Waals surface area contributed by atoms with E-state index >= 15 is 0 Å². The van der Waals surface area contributed by atoms with Crippen LogP contribution in [0.25, 0.3) is 0 Å². The Morgan fingerprint density at radius 1 is 1.39 bits per heavy atom. The fourth-order valence-electron chi connectivity index (χ4n) is 2.78. The Morgan fingerprint density at radius 3 is 2.78 bits per heavy atom. The van der Waals surface area contributed by atoms with Gasteiger partial charge in [0.1, 0.15) is 11.6 Å². The van der Waals surface area contributed by atoms with E-state index in [1.54, 1.807) is 0 Å². The van der Waals surface area contributed by atoms with Crippen LogP contribution in [-0.4, -0.2) is 16.3 Å². The third-order valence-corrected chi connectivity index (χ3v) is 4.82. The lowest BCUT2D eigenvalue weighted by atomic mass is 9.75. The van der Waals surface area contributed by atoms with E-state index in [2.05, 4.69) is 31.0 Å². The molecule has 1 aliphatic rings. The van der Waals surface area contributed by atoms with Crippen LogP contribution in [0.4, 0.5) is 0 Å². The van der Waals surface area contributed by atoms with Crippen molar-refractivity contribution in [2.24, 2.45) is 17.8 Å². The van der Waals surface area contributed by atoms with Crippen molar-refractivity contribution in [3.05, 3.63) is 9.47 Å². The minimum absolute atomic E-state index is 0.358. The Balaban J connectivity index is 1.92. The average molecular weight is 289 g/mol. The molecule has 102 valence electrons. The van der Waals surface area contributed by atoms with Crippen molar-refractivity contribution in [3.8, 4) is 0 Å². The zero-order valence-corrected chi connectivity index (χ0v) is 12.8. The maximum absolute atomic E-state index is 6.08. The normalized spacial score (nSPS) is 28.8. The number of nitrogens with zero attached hydrogens (tertiary/aromatic N) is 2. The molecule has 0 spiro atoms. The molecule has 3 nitrogen and oxygen atoms in total. The standard InChI is InChI=1S/C13H21ClN2OS/c1-8(2)10-5-4-9(3)6-11(10)17-7-12-15-16-13(14)18-12/h8-11H,4-7H2,1-3H3. The third kappa shape index (κ3) is 3.65. The van der Waals surface area contributed by atoms with Gasteiger partial charge in [0.15, 0.2) is 0 Å². The van der Waals surface area contributed by atoms with Gasteiger partial charge in [-0.3, -0.25) is 0 Å². The number of hydrogen-bond donors (Lipinski definition) is 0. The molecule has 0 aliphatic heterocycles. The molecule has 0 saturated heterocycles. The van der Waals surface area contributed by atoms with Crippen molar-refractivity contribution in [3.63, 3.8) is 0 Å². The molecule has 1 fully saturated rings. The fraction of sp³-hybridized carbons (Fsp3) is 0.846. The summed E-state index contributed by atoms with van der Waals surface area (Å²) in [4.78, 5) is 0. The first-order valence-electron chi connectivity index (χ1n) is 6.65. The Bertz CT molecular complexity index is 383. The SMILES string of the molecule is CC1CCC(C(C)C)C(OCc2nnc(Cl)s2)C1. The van der Waals surface area contributed by atoms with E-state index < -0.39 is 0 Å². The molecule has 0 N–H and O–H groups in total. The highest BCUT2D eigenvalue weighted by Crippen LogP contribution is 2.35. The van der Waals surface area contributed by atoms with Crippen molar-refractivity contribution in [1.82, 2.24) is 10.2 Å². The zero-order chi connectivity index (χ0) is 13.1. The summed E-state index contributed by atoms with van der Waals surface area (Å²) in [7, 11) is 0. The van der Waals surface area contributed by atoms with Gasteiger partial charge in [-0.05, 0) is 42.2 Å². The minimum atomic E-state index is 0.358. The number of ether oxygens (including phenoxy) is 1. The molecular weight excluding hydrogens is 268 g/mol. The third-order valence-electron chi connectivity index (χ3n) is 3.82. The molecule has 1 saturated carbocycles. The van der Waals surface area contributed by atoms with E-state index in [1.807, 2.05) is 0 Å². The molecule has 5 heteroatoms. The summed E-state index contributed by atoms with van der Waals surface area (Å²) in [5.74, 6) is 2.12. The van der Waals surface area contributed by atoms with Crippen molar-refractivity contribution < 1.29 is 4.74 Å². The molecule has 0 radical (unpaired) electrons. The average Bonchev–Trinajstić information content (AvgIpc) is 2.72. The lowest BCUT2D eigenvalue weighted by molar-refractivity contribution is -0.0474. The summed E-state index contributed by atoms with van der Waals surface area (Å²) in [6.45, 7) is 7.44. The molecule has 2 rings (SSSR count). The smallest absolute Gasteiger partial charge is 0.207 e. The van der Waals surface area contributed by atoms with Gasteiger partial charge in [-0.15, -0.1) is 10.2 Å². The molecule has 1 aromatic rings. The van der Waals surface area contributed by atoms with E-state index in [9.17, 15) is 0 Å². The lowest BCUT2D eigenvalue weighted by Gasteiger charge is -2.37. The van der Waals surface area contributed by atoms with Gasteiger partial charge in [0, 0.05) is 0 Å². The number of halogens is 1. The quantitative estimate of drug-likeness (QED) is 0.834. The monoisotopic (exact) mass is 288 g/mol. The van der Waals surface area contributed by atoms with Gasteiger partial charge in [-0.2, -0.15) is 0 Å². The van der Waals surface area contributed by atoms with Crippen LogP contribution in [0.3, 0.4) is 0 Å². The number of rotatable bonds is 4. The second-order valence-corrected chi connectivity index (χ2v) is 7.27. The first-order valence-corrected chi connectivity index (χ1v) is 7.85. The van der Waals surface area contributed by atoms with Crippen LogP contribution in [0.2, 0.25) is 4.47 Å². The molecule has 0 bridgehead atoms. The first-order chi connectivity index (χ1) is 8.56. The molecule has 3 unspecified atom stereocenters. The van der Waals surface area contributed by atoms with Gasteiger partial charge in [0.2, 0.25) is 4.47 Å². The summed E-state index contributed by atoms with van der Waals surface area (Å²) in [5.41, 5.74) is 0. The maximum atomic E-state index is 6.08. The highest BCUT2D eigenvalue weighted by molar-refractivity contribution is 7.15. The summed E-state index contributed by atoms with van der Waals surface area (Å²) in [6.07, 6.45) is 4.12. The summed E-state index contributed by atoms with van der Waals surface area (Å²) in [5, 5.41) is 8.68. The Labute approximate surface area is 118 Å². The highest BCUT2D eigenvalue weighted by atomic mass is 35.5. The van der Waals surface area contributed by atoms with Gasteiger partial charge in [0.05, 0.1) is 6.10 Å². The van der Waals surface area contributed by atoms with Crippen molar-refractivity contribution >= 4 is 22.9 Å². The molecular formula is C13H21ClN2OS. The Kier molecular flexibility index (Phi) is 4.98. The molecule has 0 amide bonds. The molecule has 18 heavy (non-hydrogen) atoms. The predicted molar refractivity (Wildman–Crippen MR) is 74.8 cm³/mol. The Hall–Kier alpha value is -0.190. The van der Waals surface area contributed by atoms with Crippen LogP contribution in [0, 0.1) is 17.8 Å². The minimum Gasteiger partial charge on any atom is -0.371 e. The number of hydrogen-bond acceptors (Lipinski definition) is 4. The fourth-order valence-corrected chi connectivity index (χ4v) is 3.57. The van der Waals surface area contributed by atoms with Gasteiger partial charge in [-0.25, -0.2) is 0 Å². The van der Waals surface area contributed by atoms with E-state index in [0.717, 1.165) is 17.3 Å². The van der Waals surface area contributed by atoms with E-state index in [0.29, 0.717) is 29.0 Å². The lowest BCUT2D eigenvalue weighted by Crippen LogP contribution is -2.34. The van der Waals surface area contributed by atoms with Crippen molar-refractivity contribution in [2.45, 2.75) is 52.7 Å². The highest BCUT2D eigenvalue weighted by Gasteiger charge is 2.31. The number of aromatic nitrogens is 2. The molecule has 1 aromatic heterocycles. The van der Waals surface area contributed by atoms with Crippen LogP contribution < -0.4 is 0 Å². The maximum Gasteiger partial charge on any atom is 0.207 e. The van der Waals surface area contributed by atoms with Gasteiger partial charge >= 0.3 is 0 Å². The van der Waals surface area contributed by atoms with E-state index in [-0.39, 0.29) is 0 Å². The van der Waals surface area contributed by atoms with Crippen LogP contribution in [0.5, 0.6) is 0 Å². The molecule has 1 aliphatic carbocycles. The molecule has 1 heterocycles. The summed E-state index contributed by atoms with van der Waals surface area (Å²) < 4.78 is 6.57. The molecule has 3 atom stereocenters. The molecule has 0 aromatic carbocycles. The van der Waals surface area contributed by atoms with Crippen LogP contribution in [-0.2, 0) is 11.3 Å². The van der Waals surface area contributed by atoms with Crippen LogP contribution in [0.1, 0.15) is 45.0 Å². The van der Waals surface area contributed by atoms with Crippen molar-refractivity contribution in [1.29, 1.82) is 0 Å². The second kappa shape index (κ2) is 6.31. The predicted octanol–water partition coefficient (Wildman–Crippen LogP) is 4.17. The second-order valence-electron chi connectivity index (χ2n) is 5.62. The summed E-state index contributed by atoms with van der Waals surface area (Å²) >= 11 is 7.18. The topological polar surface area (TPSA) is 35.0 Å².